The van der Waals surface area contributed by atoms with E-state index in [0.717, 1.165) is 24.8 Å². The van der Waals surface area contributed by atoms with Crippen LogP contribution in [0, 0.1) is 5.82 Å². The Labute approximate surface area is 123 Å². The van der Waals surface area contributed by atoms with Crippen LogP contribution < -0.4 is 5.32 Å². The minimum absolute atomic E-state index is 0.167. The molecule has 2 atom stereocenters. The molecule has 2 aromatic rings. The molecule has 3 heteroatoms. The second-order valence-electron chi connectivity index (χ2n) is 5.90. The molecule has 21 heavy (non-hydrogen) atoms. The van der Waals surface area contributed by atoms with E-state index in [1.807, 2.05) is 24.3 Å². The molecule has 1 aliphatic heterocycles. The molecular formula is C18H18FNO. The number of aryl methyl sites for hydroxylation is 1. The van der Waals surface area contributed by atoms with Crippen LogP contribution in [0.15, 0.2) is 48.5 Å². The molecule has 1 aliphatic carbocycles. The van der Waals surface area contributed by atoms with Crippen LogP contribution >= 0.6 is 0 Å². The molecule has 2 aliphatic rings. The highest BCUT2D eigenvalue weighted by Crippen LogP contribution is 2.42. The Balaban J connectivity index is 1.70. The molecule has 1 fully saturated rings. The van der Waals surface area contributed by atoms with Crippen LogP contribution in [-0.2, 0) is 16.9 Å². The Morgan fingerprint density at radius 1 is 1.14 bits per heavy atom. The summed E-state index contributed by atoms with van der Waals surface area (Å²) in [5.41, 5.74) is 2.88. The minimum Gasteiger partial charge on any atom is -0.354 e. The van der Waals surface area contributed by atoms with E-state index >= 15 is 0 Å². The van der Waals surface area contributed by atoms with Gasteiger partial charge >= 0.3 is 0 Å². The monoisotopic (exact) mass is 283 g/mol. The number of ether oxygens (including phenoxy) is 1. The Bertz CT molecular complexity index is 658. The van der Waals surface area contributed by atoms with E-state index in [4.69, 9.17) is 4.74 Å². The van der Waals surface area contributed by atoms with Crippen molar-refractivity contribution in [1.29, 1.82) is 0 Å². The summed E-state index contributed by atoms with van der Waals surface area (Å²) in [5, 5.41) is 3.62. The second-order valence-corrected chi connectivity index (χ2v) is 5.90. The number of fused-ring (bicyclic) bond motifs is 2. The maximum absolute atomic E-state index is 13.7. The Hall–Kier alpha value is -1.71. The topological polar surface area (TPSA) is 21.3 Å². The van der Waals surface area contributed by atoms with E-state index in [1.54, 1.807) is 12.1 Å². The molecule has 2 aromatic carbocycles. The molecule has 2 nitrogen and oxygen atoms in total. The summed E-state index contributed by atoms with van der Waals surface area (Å²) >= 11 is 0. The maximum atomic E-state index is 13.7. The summed E-state index contributed by atoms with van der Waals surface area (Å²) in [7, 11) is 0. The quantitative estimate of drug-likeness (QED) is 0.862. The van der Waals surface area contributed by atoms with Crippen molar-refractivity contribution >= 4 is 0 Å². The summed E-state index contributed by atoms with van der Waals surface area (Å²) in [6.45, 7) is 0.625. The Morgan fingerprint density at radius 3 is 2.86 bits per heavy atom. The molecule has 0 aromatic heterocycles. The lowest BCUT2D eigenvalue weighted by atomic mass is 9.84. The normalized spacial score (nSPS) is 27.8. The standard InChI is InChI=1S/C18H18FNO/c19-15-9-8-13-7-4-10-18(16(13)11-15)20-17(12-21-18)14-5-2-1-3-6-14/h1-3,5-6,8-9,11,17,20H,4,7,10,12H2/t17-,18?/m0/s1. The first-order valence-electron chi connectivity index (χ1n) is 7.52. The molecule has 1 spiro atoms. The molecule has 1 heterocycles. The molecule has 1 saturated heterocycles. The number of rotatable bonds is 1. The third-order valence-electron chi connectivity index (χ3n) is 4.59. The first-order valence-corrected chi connectivity index (χ1v) is 7.52. The van der Waals surface area contributed by atoms with Crippen LogP contribution in [0.25, 0.3) is 0 Å². The lowest BCUT2D eigenvalue weighted by molar-refractivity contribution is -0.0289. The van der Waals surface area contributed by atoms with E-state index in [1.165, 1.54) is 11.1 Å². The van der Waals surface area contributed by atoms with E-state index in [9.17, 15) is 4.39 Å². The van der Waals surface area contributed by atoms with Gasteiger partial charge in [0.15, 0.2) is 0 Å². The van der Waals surface area contributed by atoms with Crippen molar-refractivity contribution in [2.45, 2.75) is 31.0 Å². The van der Waals surface area contributed by atoms with Gasteiger partial charge in [0, 0.05) is 5.56 Å². The highest BCUT2D eigenvalue weighted by atomic mass is 19.1. The third-order valence-corrected chi connectivity index (χ3v) is 4.59. The van der Waals surface area contributed by atoms with Crippen LogP contribution in [-0.4, -0.2) is 6.61 Å². The van der Waals surface area contributed by atoms with Gasteiger partial charge in [-0.2, -0.15) is 0 Å². The highest BCUT2D eigenvalue weighted by molar-refractivity contribution is 5.36. The largest absolute Gasteiger partial charge is 0.354 e. The summed E-state index contributed by atoms with van der Waals surface area (Å²) in [5.74, 6) is -0.191. The summed E-state index contributed by atoms with van der Waals surface area (Å²) in [4.78, 5) is 0. The maximum Gasteiger partial charge on any atom is 0.146 e. The zero-order valence-electron chi connectivity index (χ0n) is 11.8. The molecule has 4 rings (SSSR count). The fourth-order valence-electron chi connectivity index (χ4n) is 3.56. The highest BCUT2D eigenvalue weighted by Gasteiger charge is 2.44. The van der Waals surface area contributed by atoms with Gasteiger partial charge in [-0.05, 0) is 42.5 Å². The molecule has 1 unspecified atom stereocenters. The lowest BCUT2D eigenvalue weighted by Crippen LogP contribution is -2.42. The Morgan fingerprint density at radius 2 is 2.00 bits per heavy atom. The zero-order chi connectivity index (χ0) is 14.3. The summed E-state index contributed by atoms with van der Waals surface area (Å²) < 4.78 is 19.8. The predicted octanol–water partition coefficient (Wildman–Crippen LogP) is 3.68. The van der Waals surface area contributed by atoms with Crippen molar-refractivity contribution in [1.82, 2.24) is 5.32 Å². The molecule has 0 amide bonds. The van der Waals surface area contributed by atoms with E-state index in [0.29, 0.717) is 6.61 Å². The molecule has 0 radical (unpaired) electrons. The number of hydrogen-bond donors (Lipinski definition) is 1. The van der Waals surface area contributed by atoms with Crippen molar-refractivity contribution in [3.05, 3.63) is 71.0 Å². The molecule has 108 valence electrons. The number of halogens is 1. The Kier molecular flexibility index (Phi) is 3.05. The number of hydrogen-bond acceptors (Lipinski definition) is 2. The van der Waals surface area contributed by atoms with Gasteiger partial charge < -0.3 is 4.74 Å². The summed E-state index contributed by atoms with van der Waals surface area (Å²) in [6, 6.07) is 15.5. The SMILES string of the molecule is Fc1ccc2c(c1)C1(CCC2)N[C@H](c2ccccc2)CO1. The lowest BCUT2D eigenvalue weighted by Gasteiger charge is -2.35. The molecular weight excluding hydrogens is 265 g/mol. The van der Waals surface area contributed by atoms with Gasteiger partial charge in [-0.25, -0.2) is 4.39 Å². The smallest absolute Gasteiger partial charge is 0.146 e. The van der Waals surface area contributed by atoms with Crippen molar-refractivity contribution in [2.24, 2.45) is 0 Å². The van der Waals surface area contributed by atoms with Gasteiger partial charge in [0.25, 0.3) is 0 Å². The van der Waals surface area contributed by atoms with Crippen molar-refractivity contribution in [2.75, 3.05) is 6.61 Å². The van der Waals surface area contributed by atoms with Gasteiger partial charge in [0.05, 0.1) is 12.6 Å². The van der Waals surface area contributed by atoms with Crippen LogP contribution in [0.3, 0.4) is 0 Å². The zero-order valence-corrected chi connectivity index (χ0v) is 11.8. The molecule has 1 N–H and O–H groups in total. The number of nitrogens with one attached hydrogen (secondary N) is 1. The van der Waals surface area contributed by atoms with Crippen molar-refractivity contribution < 1.29 is 9.13 Å². The fraction of sp³-hybridized carbons (Fsp3) is 0.333. The third kappa shape index (κ3) is 2.17. The van der Waals surface area contributed by atoms with Gasteiger partial charge in [-0.3, -0.25) is 5.32 Å². The summed E-state index contributed by atoms with van der Waals surface area (Å²) in [6.07, 6.45) is 2.96. The van der Waals surface area contributed by atoms with Crippen molar-refractivity contribution in [3.63, 3.8) is 0 Å². The first kappa shape index (κ1) is 13.0. The van der Waals surface area contributed by atoms with Crippen LogP contribution in [0.5, 0.6) is 0 Å². The van der Waals surface area contributed by atoms with Crippen LogP contribution in [0.2, 0.25) is 0 Å². The average molecular weight is 283 g/mol. The van der Waals surface area contributed by atoms with Crippen molar-refractivity contribution in [3.8, 4) is 0 Å². The van der Waals surface area contributed by atoms with Crippen LogP contribution in [0.1, 0.15) is 35.6 Å². The average Bonchev–Trinajstić information content (AvgIpc) is 2.94. The van der Waals surface area contributed by atoms with Gasteiger partial charge in [0.1, 0.15) is 11.5 Å². The van der Waals surface area contributed by atoms with Gasteiger partial charge in [-0.15, -0.1) is 0 Å². The second kappa shape index (κ2) is 4.93. The predicted molar refractivity (Wildman–Crippen MR) is 79.3 cm³/mol. The van der Waals surface area contributed by atoms with Gasteiger partial charge in [0.2, 0.25) is 0 Å². The van der Waals surface area contributed by atoms with E-state index < -0.39 is 5.72 Å². The molecule has 0 bridgehead atoms. The first-order chi connectivity index (χ1) is 10.3. The van der Waals surface area contributed by atoms with Crippen LogP contribution in [0.4, 0.5) is 4.39 Å². The minimum atomic E-state index is -0.518. The van der Waals surface area contributed by atoms with Gasteiger partial charge in [-0.1, -0.05) is 36.4 Å². The fourth-order valence-corrected chi connectivity index (χ4v) is 3.56. The van der Waals surface area contributed by atoms with E-state index in [-0.39, 0.29) is 11.9 Å². The number of benzene rings is 2. The van der Waals surface area contributed by atoms with E-state index in [2.05, 4.69) is 17.4 Å². The molecule has 0 saturated carbocycles.